The van der Waals surface area contributed by atoms with Crippen LogP contribution >= 0.6 is 0 Å². The molecule has 34 heavy (non-hydrogen) atoms. The zero-order valence-corrected chi connectivity index (χ0v) is 18.6. The van der Waals surface area contributed by atoms with Crippen LogP contribution in [0.5, 0.6) is 5.75 Å². The molecule has 10 heteroatoms. The van der Waals surface area contributed by atoms with Crippen LogP contribution in [-0.2, 0) is 9.59 Å². The van der Waals surface area contributed by atoms with E-state index in [1.54, 1.807) is 34.6 Å². The van der Waals surface area contributed by atoms with E-state index in [1.165, 1.54) is 0 Å². The van der Waals surface area contributed by atoms with Gasteiger partial charge in [0.15, 0.2) is 0 Å². The highest BCUT2D eigenvalue weighted by atomic mass is 16.5. The molecule has 3 N–H and O–H groups in total. The van der Waals surface area contributed by atoms with Crippen LogP contribution in [0.3, 0.4) is 0 Å². The van der Waals surface area contributed by atoms with Crippen LogP contribution in [0.25, 0.3) is 0 Å². The Kier molecular flexibility index (Phi) is 7.17. The molecule has 0 radical (unpaired) electrons. The number of nitrogens with one attached hydrogen (secondary N) is 1. The first-order valence-corrected chi connectivity index (χ1v) is 11.2. The van der Waals surface area contributed by atoms with Gasteiger partial charge in [0.05, 0.1) is 12.5 Å². The number of anilines is 1. The number of piperidine rings is 1. The number of benzene rings is 2. The van der Waals surface area contributed by atoms with Crippen molar-refractivity contribution in [2.75, 3.05) is 37.6 Å². The SMILES string of the molecule is O=C(NO)C1CC(Oc2ccccc2)CN(C(=O)O)C1C(=O)N1CCN(c2ccccc2)CC1. The van der Waals surface area contributed by atoms with E-state index >= 15 is 0 Å². The summed E-state index contributed by atoms with van der Waals surface area (Å²) in [6.45, 7) is 1.91. The molecule has 2 aliphatic heterocycles. The first kappa shape index (κ1) is 23.4. The number of hydrogen-bond donors (Lipinski definition) is 3. The monoisotopic (exact) mass is 468 g/mol. The molecule has 2 heterocycles. The number of rotatable bonds is 5. The second-order valence-corrected chi connectivity index (χ2v) is 8.40. The van der Waals surface area contributed by atoms with Gasteiger partial charge in [-0.3, -0.25) is 19.7 Å². The average Bonchev–Trinajstić information content (AvgIpc) is 2.88. The molecule has 0 saturated carbocycles. The van der Waals surface area contributed by atoms with Crippen molar-refractivity contribution in [1.82, 2.24) is 15.3 Å². The molecule has 3 unspecified atom stereocenters. The maximum atomic E-state index is 13.5. The first-order valence-electron chi connectivity index (χ1n) is 11.2. The van der Waals surface area contributed by atoms with Crippen LogP contribution in [0.1, 0.15) is 6.42 Å². The quantitative estimate of drug-likeness (QED) is 0.451. The average molecular weight is 469 g/mol. The topological polar surface area (TPSA) is 123 Å². The first-order chi connectivity index (χ1) is 16.5. The maximum absolute atomic E-state index is 13.5. The van der Waals surface area contributed by atoms with Crippen molar-refractivity contribution in [3.05, 3.63) is 60.7 Å². The van der Waals surface area contributed by atoms with Crippen molar-refractivity contribution in [2.45, 2.75) is 18.6 Å². The predicted octanol–water partition coefficient (Wildman–Crippen LogP) is 1.66. The van der Waals surface area contributed by atoms with Crippen molar-refractivity contribution >= 4 is 23.6 Å². The third-order valence-electron chi connectivity index (χ3n) is 6.34. The van der Waals surface area contributed by atoms with Crippen molar-refractivity contribution in [3.63, 3.8) is 0 Å². The fourth-order valence-electron chi connectivity index (χ4n) is 4.66. The summed E-state index contributed by atoms with van der Waals surface area (Å²) in [6.07, 6.45) is -1.89. The molecule has 2 aromatic carbocycles. The van der Waals surface area contributed by atoms with Crippen LogP contribution in [0.4, 0.5) is 10.5 Å². The van der Waals surface area contributed by atoms with Crippen molar-refractivity contribution in [2.24, 2.45) is 5.92 Å². The van der Waals surface area contributed by atoms with Crippen LogP contribution in [0.15, 0.2) is 60.7 Å². The van der Waals surface area contributed by atoms with Crippen molar-refractivity contribution < 1.29 is 29.4 Å². The number of para-hydroxylation sites is 2. The Labute approximate surface area is 197 Å². The minimum absolute atomic E-state index is 0.0696. The Bertz CT molecular complexity index is 997. The predicted molar refractivity (Wildman–Crippen MR) is 123 cm³/mol. The fraction of sp³-hybridized carbons (Fsp3) is 0.375. The highest BCUT2D eigenvalue weighted by Crippen LogP contribution is 2.29. The van der Waals surface area contributed by atoms with Crippen molar-refractivity contribution in [1.29, 1.82) is 0 Å². The molecular weight excluding hydrogens is 440 g/mol. The lowest BCUT2D eigenvalue weighted by molar-refractivity contribution is -0.150. The van der Waals surface area contributed by atoms with Gasteiger partial charge < -0.3 is 19.6 Å². The lowest BCUT2D eigenvalue weighted by atomic mass is 9.86. The molecule has 4 rings (SSSR count). The molecule has 0 aromatic heterocycles. The summed E-state index contributed by atoms with van der Waals surface area (Å²) >= 11 is 0. The van der Waals surface area contributed by atoms with Gasteiger partial charge in [0.2, 0.25) is 11.8 Å². The van der Waals surface area contributed by atoms with Gasteiger partial charge in [-0.05, 0) is 24.3 Å². The highest BCUT2D eigenvalue weighted by molar-refractivity contribution is 5.92. The van der Waals surface area contributed by atoms with Gasteiger partial charge in [-0.2, -0.15) is 0 Å². The van der Waals surface area contributed by atoms with E-state index in [4.69, 9.17) is 4.74 Å². The minimum Gasteiger partial charge on any atom is -0.489 e. The van der Waals surface area contributed by atoms with Crippen molar-refractivity contribution in [3.8, 4) is 5.75 Å². The summed E-state index contributed by atoms with van der Waals surface area (Å²) in [5.41, 5.74) is 2.66. The molecule has 0 aliphatic carbocycles. The van der Waals surface area contributed by atoms with E-state index in [-0.39, 0.29) is 13.0 Å². The molecule has 10 nitrogen and oxygen atoms in total. The second kappa shape index (κ2) is 10.4. The molecular formula is C24H28N4O6. The molecule has 2 aromatic rings. The smallest absolute Gasteiger partial charge is 0.408 e. The molecule has 2 saturated heterocycles. The number of nitrogens with zero attached hydrogens (tertiary/aromatic N) is 3. The molecule has 2 aliphatic rings. The third-order valence-corrected chi connectivity index (χ3v) is 6.34. The molecule has 3 atom stereocenters. The Morgan fingerprint density at radius 2 is 1.53 bits per heavy atom. The zero-order chi connectivity index (χ0) is 24.1. The summed E-state index contributed by atoms with van der Waals surface area (Å²) in [6, 6.07) is 17.4. The van der Waals surface area contributed by atoms with E-state index in [1.807, 2.05) is 36.4 Å². The number of hydroxylamine groups is 1. The van der Waals surface area contributed by atoms with Gasteiger partial charge >= 0.3 is 6.09 Å². The van der Waals surface area contributed by atoms with Gasteiger partial charge in [-0.1, -0.05) is 36.4 Å². The van der Waals surface area contributed by atoms with E-state index in [2.05, 4.69) is 4.90 Å². The minimum atomic E-state index is -1.32. The largest absolute Gasteiger partial charge is 0.489 e. The van der Waals surface area contributed by atoms with Crippen LogP contribution in [0.2, 0.25) is 0 Å². The van der Waals surface area contributed by atoms with E-state index in [9.17, 15) is 24.7 Å². The second-order valence-electron chi connectivity index (χ2n) is 8.40. The van der Waals surface area contributed by atoms with Gasteiger partial charge in [-0.15, -0.1) is 0 Å². The molecule has 2 fully saturated rings. The Hall–Kier alpha value is -3.79. The Balaban J connectivity index is 1.50. The number of piperazine rings is 1. The van der Waals surface area contributed by atoms with Gasteiger partial charge in [0, 0.05) is 38.3 Å². The lowest BCUT2D eigenvalue weighted by Crippen LogP contribution is -2.64. The number of carboxylic acid groups (broad SMARTS) is 1. The maximum Gasteiger partial charge on any atom is 0.408 e. The number of carbonyl (C=O) groups excluding carboxylic acids is 2. The fourth-order valence-corrected chi connectivity index (χ4v) is 4.66. The van der Waals surface area contributed by atoms with Crippen LogP contribution in [0, 0.1) is 5.92 Å². The third kappa shape index (κ3) is 5.07. The Morgan fingerprint density at radius 1 is 0.912 bits per heavy atom. The van der Waals surface area contributed by atoms with E-state index in [0.29, 0.717) is 31.9 Å². The van der Waals surface area contributed by atoms with E-state index < -0.39 is 36.0 Å². The summed E-state index contributed by atoms with van der Waals surface area (Å²) in [7, 11) is 0. The summed E-state index contributed by atoms with van der Waals surface area (Å²) in [5.74, 6) is -1.82. The lowest BCUT2D eigenvalue weighted by Gasteiger charge is -2.44. The van der Waals surface area contributed by atoms with Gasteiger partial charge in [-0.25, -0.2) is 10.3 Å². The highest BCUT2D eigenvalue weighted by Gasteiger charge is 2.48. The van der Waals surface area contributed by atoms with Crippen LogP contribution < -0.4 is 15.1 Å². The summed E-state index contributed by atoms with van der Waals surface area (Å²) in [4.78, 5) is 42.9. The summed E-state index contributed by atoms with van der Waals surface area (Å²) < 4.78 is 5.90. The normalized spacial score (nSPS) is 22.7. The molecule has 0 spiro atoms. The molecule has 180 valence electrons. The number of ether oxygens (including phenoxy) is 1. The Morgan fingerprint density at radius 3 is 2.12 bits per heavy atom. The van der Waals surface area contributed by atoms with E-state index in [0.717, 1.165) is 10.6 Å². The summed E-state index contributed by atoms with van der Waals surface area (Å²) in [5, 5.41) is 19.2. The van der Waals surface area contributed by atoms with Gasteiger partial charge in [0.1, 0.15) is 17.9 Å². The molecule has 3 amide bonds. The number of likely N-dealkylation sites (tertiary alicyclic amines) is 1. The number of amides is 3. The molecule has 0 bridgehead atoms. The standard InChI is InChI=1S/C24H28N4O6/c29-22(25-33)20-15-19(34-18-9-5-2-6-10-18)16-28(24(31)32)21(20)23(30)27-13-11-26(12-14-27)17-7-3-1-4-8-17/h1-10,19-21,33H,11-16H2,(H,25,29)(H,31,32). The number of hydrogen-bond acceptors (Lipinski definition) is 6. The van der Waals surface area contributed by atoms with Crippen LogP contribution in [-0.4, -0.2) is 82.9 Å². The van der Waals surface area contributed by atoms with Gasteiger partial charge in [0.25, 0.3) is 0 Å². The number of carbonyl (C=O) groups is 3. The zero-order valence-electron chi connectivity index (χ0n) is 18.6.